The summed E-state index contributed by atoms with van der Waals surface area (Å²) >= 11 is 0. The first-order chi connectivity index (χ1) is 10.4. The molecule has 0 aliphatic carbocycles. The molecule has 1 atom stereocenters. The molecule has 1 saturated heterocycles. The second-order valence-corrected chi connectivity index (χ2v) is 6.17. The Bertz CT molecular complexity index is 561. The molecule has 1 heterocycles. The smallest absolute Gasteiger partial charge is 0.244 e. The van der Waals surface area contributed by atoms with E-state index >= 15 is 0 Å². The van der Waals surface area contributed by atoms with E-state index in [0.717, 1.165) is 31.5 Å². The second-order valence-electron chi connectivity index (χ2n) is 6.17. The average Bonchev–Trinajstić information content (AvgIpc) is 2.48. The molecule has 128 valence electrons. The second kappa shape index (κ2) is 8.31. The van der Waals surface area contributed by atoms with Gasteiger partial charge in [-0.05, 0) is 44.4 Å². The number of benzene rings is 1. The first kappa shape index (κ1) is 19.5. The predicted molar refractivity (Wildman–Crippen MR) is 96.0 cm³/mol. The van der Waals surface area contributed by atoms with E-state index in [2.05, 4.69) is 5.32 Å². The normalized spacial score (nSPS) is 17.2. The summed E-state index contributed by atoms with van der Waals surface area (Å²) in [6.07, 6.45) is 4.04. The van der Waals surface area contributed by atoms with Gasteiger partial charge in [-0.2, -0.15) is 0 Å². The molecule has 1 aliphatic rings. The minimum atomic E-state index is -0.883. The molecule has 0 spiro atoms. The SMILES string of the molecule is CCCC(C)(N)C(=O)Nc1cccc(N2CCCCC2=O)c1.Cl. The standard InChI is InChI=1S/C17H25N3O2.ClH/c1-3-10-17(2,18)16(22)19-13-7-6-8-14(12-13)20-11-5-4-9-15(20)21;/h6-8,12H,3-5,9-11,18H2,1-2H3,(H,19,22);1H. The van der Waals surface area contributed by atoms with E-state index < -0.39 is 5.54 Å². The molecule has 1 aliphatic heterocycles. The first-order valence-corrected chi connectivity index (χ1v) is 7.95. The van der Waals surface area contributed by atoms with Crippen molar-refractivity contribution in [2.75, 3.05) is 16.8 Å². The minimum absolute atomic E-state index is 0. The van der Waals surface area contributed by atoms with E-state index in [-0.39, 0.29) is 24.2 Å². The van der Waals surface area contributed by atoms with Crippen LogP contribution in [-0.4, -0.2) is 23.9 Å². The third-order valence-corrected chi connectivity index (χ3v) is 4.03. The highest BCUT2D eigenvalue weighted by molar-refractivity contribution is 5.99. The van der Waals surface area contributed by atoms with Gasteiger partial charge in [-0.1, -0.05) is 19.4 Å². The molecule has 0 radical (unpaired) electrons. The van der Waals surface area contributed by atoms with Crippen molar-refractivity contribution >= 4 is 35.6 Å². The van der Waals surface area contributed by atoms with Gasteiger partial charge in [0.05, 0.1) is 5.54 Å². The monoisotopic (exact) mass is 339 g/mol. The van der Waals surface area contributed by atoms with Gasteiger partial charge in [0.15, 0.2) is 0 Å². The van der Waals surface area contributed by atoms with Crippen molar-refractivity contribution in [3.8, 4) is 0 Å². The number of halogens is 1. The van der Waals surface area contributed by atoms with Gasteiger partial charge in [-0.25, -0.2) is 0 Å². The Morgan fingerprint density at radius 1 is 1.39 bits per heavy atom. The van der Waals surface area contributed by atoms with E-state index in [9.17, 15) is 9.59 Å². The quantitative estimate of drug-likeness (QED) is 0.865. The predicted octanol–water partition coefficient (Wildman–Crippen LogP) is 3.08. The zero-order valence-electron chi connectivity index (χ0n) is 13.8. The molecule has 6 heteroatoms. The summed E-state index contributed by atoms with van der Waals surface area (Å²) in [6.45, 7) is 4.48. The molecule has 23 heavy (non-hydrogen) atoms. The Kier molecular flexibility index (Phi) is 7.03. The van der Waals surface area contributed by atoms with E-state index in [0.29, 0.717) is 18.5 Å². The Morgan fingerprint density at radius 2 is 2.13 bits per heavy atom. The summed E-state index contributed by atoms with van der Waals surface area (Å²) in [7, 11) is 0. The van der Waals surface area contributed by atoms with Gasteiger partial charge in [0.2, 0.25) is 11.8 Å². The van der Waals surface area contributed by atoms with Gasteiger partial charge in [0, 0.05) is 24.3 Å². The van der Waals surface area contributed by atoms with Crippen molar-refractivity contribution in [1.29, 1.82) is 0 Å². The lowest BCUT2D eigenvalue weighted by atomic mass is 9.96. The third kappa shape index (κ3) is 4.94. The van der Waals surface area contributed by atoms with Crippen LogP contribution in [0.4, 0.5) is 11.4 Å². The summed E-state index contributed by atoms with van der Waals surface area (Å²) in [5.41, 5.74) is 6.67. The fourth-order valence-corrected chi connectivity index (χ4v) is 2.74. The Balaban J connectivity index is 0.00000264. The maximum atomic E-state index is 12.3. The van der Waals surface area contributed by atoms with Crippen LogP contribution in [0, 0.1) is 0 Å². The minimum Gasteiger partial charge on any atom is -0.324 e. The molecule has 1 unspecified atom stereocenters. The number of carbonyl (C=O) groups excluding carboxylic acids is 2. The topological polar surface area (TPSA) is 75.4 Å². The van der Waals surface area contributed by atoms with Crippen molar-refractivity contribution in [2.24, 2.45) is 5.73 Å². The lowest BCUT2D eigenvalue weighted by Gasteiger charge is -2.27. The number of nitrogens with zero attached hydrogens (tertiary/aromatic N) is 1. The van der Waals surface area contributed by atoms with Crippen molar-refractivity contribution in [3.05, 3.63) is 24.3 Å². The van der Waals surface area contributed by atoms with Crippen LogP contribution in [0.5, 0.6) is 0 Å². The largest absolute Gasteiger partial charge is 0.324 e. The fourth-order valence-electron chi connectivity index (χ4n) is 2.74. The van der Waals surface area contributed by atoms with Crippen molar-refractivity contribution in [2.45, 2.75) is 51.5 Å². The molecule has 0 bridgehead atoms. The Morgan fingerprint density at radius 3 is 2.78 bits per heavy atom. The van der Waals surface area contributed by atoms with Crippen molar-refractivity contribution in [3.63, 3.8) is 0 Å². The lowest BCUT2D eigenvalue weighted by molar-refractivity contribution is -0.121. The lowest BCUT2D eigenvalue weighted by Crippen LogP contribution is -2.48. The van der Waals surface area contributed by atoms with Crippen molar-refractivity contribution < 1.29 is 9.59 Å². The van der Waals surface area contributed by atoms with E-state index in [1.165, 1.54) is 0 Å². The van der Waals surface area contributed by atoms with Crippen LogP contribution in [-0.2, 0) is 9.59 Å². The number of piperidine rings is 1. The number of hydrogen-bond donors (Lipinski definition) is 2. The van der Waals surface area contributed by atoms with E-state index in [1.54, 1.807) is 11.8 Å². The number of amides is 2. The molecule has 1 fully saturated rings. The summed E-state index contributed by atoms with van der Waals surface area (Å²) in [5.74, 6) is -0.0548. The molecular weight excluding hydrogens is 314 g/mol. The van der Waals surface area contributed by atoms with Crippen LogP contribution >= 0.6 is 12.4 Å². The van der Waals surface area contributed by atoms with Gasteiger partial charge in [-0.3, -0.25) is 9.59 Å². The molecule has 3 N–H and O–H groups in total. The van der Waals surface area contributed by atoms with Crippen molar-refractivity contribution in [1.82, 2.24) is 0 Å². The number of carbonyl (C=O) groups is 2. The highest BCUT2D eigenvalue weighted by Gasteiger charge is 2.27. The molecule has 2 amide bonds. The average molecular weight is 340 g/mol. The number of nitrogens with one attached hydrogen (secondary N) is 1. The van der Waals surface area contributed by atoms with Gasteiger partial charge in [0.25, 0.3) is 0 Å². The van der Waals surface area contributed by atoms with E-state index in [4.69, 9.17) is 5.73 Å². The van der Waals surface area contributed by atoms with Gasteiger partial charge >= 0.3 is 0 Å². The van der Waals surface area contributed by atoms with Crippen LogP contribution < -0.4 is 16.0 Å². The van der Waals surface area contributed by atoms with E-state index in [1.807, 2.05) is 31.2 Å². The number of rotatable bonds is 5. The summed E-state index contributed by atoms with van der Waals surface area (Å²) in [5, 5.41) is 2.86. The summed E-state index contributed by atoms with van der Waals surface area (Å²) in [6, 6.07) is 7.40. The first-order valence-electron chi connectivity index (χ1n) is 7.95. The molecule has 0 saturated carbocycles. The molecular formula is C17H26ClN3O2. The molecule has 1 aromatic rings. The van der Waals surface area contributed by atoms with Gasteiger partial charge < -0.3 is 16.0 Å². The maximum Gasteiger partial charge on any atom is 0.244 e. The molecule has 0 aromatic heterocycles. The number of nitrogens with two attached hydrogens (primary N) is 1. The molecule has 2 rings (SSSR count). The zero-order chi connectivity index (χ0) is 16.2. The van der Waals surface area contributed by atoms with Crippen LogP contribution in [0.25, 0.3) is 0 Å². The zero-order valence-corrected chi connectivity index (χ0v) is 14.6. The van der Waals surface area contributed by atoms with Crippen LogP contribution in [0.3, 0.4) is 0 Å². The summed E-state index contributed by atoms with van der Waals surface area (Å²) < 4.78 is 0. The van der Waals surface area contributed by atoms with Crippen LogP contribution in [0.15, 0.2) is 24.3 Å². The highest BCUT2D eigenvalue weighted by atomic mass is 35.5. The fraction of sp³-hybridized carbons (Fsp3) is 0.529. The molecule has 1 aromatic carbocycles. The van der Waals surface area contributed by atoms with Crippen LogP contribution in [0.2, 0.25) is 0 Å². The van der Waals surface area contributed by atoms with Gasteiger partial charge in [0.1, 0.15) is 0 Å². The molecule has 5 nitrogen and oxygen atoms in total. The van der Waals surface area contributed by atoms with Crippen LogP contribution in [0.1, 0.15) is 46.0 Å². The number of hydrogen-bond acceptors (Lipinski definition) is 3. The Labute approximate surface area is 144 Å². The summed E-state index contributed by atoms with van der Waals surface area (Å²) in [4.78, 5) is 26.0. The number of anilines is 2. The maximum absolute atomic E-state index is 12.3. The Hall–Kier alpha value is -1.59. The third-order valence-electron chi connectivity index (χ3n) is 4.03. The van der Waals surface area contributed by atoms with Gasteiger partial charge in [-0.15, -0.1) is 12.4 Å². The highest BCUT2D eigenvalue weighted by Crippen LogP contribution is 2.24.